The van der Waals surface area contributed by atoms with E-state index in [0.29, 0.717) is 12.1 Å². The van der Waals surface area contributed by atoms with Crippen molar-refractivity contribution in [2.24, 2.45) is 5.73 Å². The van der Waals surface area contributed by atoms with Crippen LogP contribution in [-0.2, 0) is 0 Å². The van der Waals surface area contributed by atoms with Gasteiger partial charge in [0.1, 0.15) is 46.3 Å². The van der Waals surface area contributed by atoms with Crippen LogP contribution in [-0.4, -0.2) is 58.6 Å². The van der Waals surface area contributed by atoms with Crippen LogP contribution in [0.2, 0.25) is 0 Å². The number of nitrogens with one attached hydrogen (secondary N) is 1. The number of aromatic nitrogens is 1. The van der Waals surface area contributed by atoms with Crippen molar-refractivity contribution in [3.8, 4) is 28.7 Å². The Hall–Kier alpha value is -4.50. The first-order chi connectivity index (χ1) is 18.5. The number of amides is 2. The first-order valence-electron chi connectivity index (χ1n) is 10.5. The number of nitrogens with zero attached hydrogens (tertiary/aromatic N) is 1. The van der Waals surface area contributed by atoms with Crippen LogP contribution in [0.3, 0.4) is 0 Å². The molecule has 0 aliphatic carbocycles. The molecule has 0 atom stereocenters. The van der Waals surface area contributed by atoms with Gasteiger partial charge in [0.15, 0.2) is 23.1 Å². The Morgan fingerprint density at radius 3 is 2.12 bits per heavy atom. The molecule has 0 saturated heterocycles. The second-order valence-electron chi connectivity index (χ2n) is 7.59. The number of hydrogen-bond donors (Lipinski definition) is 2. The quantitative estimate of drug-likeness (QED) is 0.288. The maximum absolute atomic E-state index is 15.2. The van der Waals surface area contributed by atoms with Gasteiger partial charge >= 0.3 is 13.0 Å². The van der Waals surface area contributed by atoms with Crippen molar-refractivity contribution in [1.82, 2.24) is 4.98 Å². The molecule has 0 saturated carbocycles. The predicted molar refractivity (Wildman–Crippen MR) is 128 cm³/mol. The van der Waals surface area contributed by atoms with Crippen LogP contribution < -0.4 is 30.0 Å². The lowest BCUT2D eigenvalue weighted by Crippen LogP contribution is -2.37. The second-order valence-corrected chi connectivity index (χ2v) is 7.59. The standard InChI is InChI=1S/C22H12B3F6N3O6/c23-21(24,25)40-15-7-10(39-22(29,30)31)2-4-12(15)37-13-5-6-14(38-20(27)28)17(26)16(13)19(36)34-9-1-3-11(18(32)35)33-8-9/h1-8,20H,(H2,32,35)(H,34,36). The van der Waals surface area contributed by atoms with Gasteiger partial charge in [-0.2, -0.15) is 8.78 Å². The van der Waals surface area contributed by atoms with Crippen molar-refractivity contribution in [1.29, 1.82) is 0 Å². The van der Waals surface area contributed by atoms with E-state index in [1.165, 1.54) is 6.07 Å². The summed E-state index contributed by atoms with van der Waals surface area (Å²) in [5.74, 6) is -7.47. The third kappa shape index (κ3) is 8.25. The van der Waals surface area contributed by atoms with E-state index in [1.54, 1.807) is 0 Å². The number of halogens is 6. The van der Waals surface area contributed by atoms with Gasteiger partial charge in [-0.25, -0.2) is 9.37 Å². The number of benzene rings is 2. The lowest BCUT2D eigenvalue weighted by molar-refractivity contribution is -0.274. The van der Waals surface area contributed by atoms with Crippen LogP contribution in [0.15, 0.2) is 48.7 Å². The van der Waals surface area contributed by atoms with E-state index in [9.17, 15) is 31.5 Å². The van der Waals surface area contributed by atoms with Crippen molar-refractivity contribution < 1.29 is 54.9 Å². The Labute approximate surface area is 225 Å². The fourth-order valence-corrected chi connectivity index (χ4v) is 2.99. The highest BCUT2D eigenvalue weighted by Crippen LogP contribution is 2.40. The summed E-state index contributed by atoms with van der Waals surface area (Å²) < 4.78 is 97.1. The number of alkyl halides is 5. The minimum atomic E-state index is -5.11. The van der Waals surface area contributed by atoms with Crippen molar-refractivity contribution >= 4 is 41.0 Å². The first-order valence-corrected chi connectivity index (χ1v) is 10.5. The van der Waals surface area contributed by atoms with Gasteiger partial charge in [-0.3, -0.25) is 9.59 Å². The summed E-state index contributed by atoms with van der Waals surface area (Å²) >= 11 is 0. The number of carbonyl (C=O) groups is 2. The van der Waals surface area contributed by atoms with E-state index in [1.807, 2.05) is 0 Å². The van der Waals surface area contributed by atoms with Crippen LogP contribution >= 0.6 is 0 Å². The van der Waals surface area contributed by atoms with Gasteiger partial charge in [-0.05, 0) is 41.7 Å². The Morgan fingerprint density at radius 1 is 0.925 bits per heavy atom. The van der Waals surface area contributed by atoms with Crippen molar-refractivity contribution in [3.63, 3.8) is 0 Å². The normalized spacial score (nSPS) is 11.6. The molecule has 0 spiro atoms. The molecule has 0 unspecified atom stereocenters. The monoisotopic (exact) mass is 561 g/mol. The third-order valence-electron chi connectivity index (χ3n) is 4.44. The van der Waals surface area contributed by atoms with Crippen molar-refractivity contribution in [3.05, 3.63) is 65.7 Å². The Balaban J connectivity index is 2.05. The largest absolute Gasteiger partial charge is 0.573 e. The molecule has 3 N–H and O–H groups in total. The number of hydrogen-bond acceptors (Lipinski definition) is 7. The van der Waals surface area contributed by atoms with Gasteiger partial charge in [0.2, 0.25) is 0 Å². The molecular formula is C22H12B3F6N3O6. The number of nitrogens with two attached hydrogens (primary N) is 1. The molecule has 0 fully saturated rings. The van der Waals surface area contributed by atoms with Crippen LogP contribution in [0.25, 0.3) is 0 Å². The highest BCUT2D eigenvalue weighted by molar-refractivity contribution is 6.58. The van der Waals surface area contributed by atoms with E-state index in [4.69, 9.17) is 38.7 Å². The Kier molecular flexibility index (Phi) is 8.80. The zero-order valence-corrected chi connectivity index (χ0v) is 19.7. The lowest BCUT2D eigenvalue weighted by atomic mass is 9.52. The summed E-state index contributed by atoms with van der Waals surface area (Å²) in [5.41, 5.74) is 3.84. The van der Waals surface area contributed by atoms with Crippen molar-refractivity contribution in [2.75, 3.05) is 5.32 Å². The van der Waals surface area contributed by atoms with Gasteiger partial charge in [-0.15, -0.1) is 13.2 Å². The third-order valence-corrected chi connectivity index (χ3v) is 4.44. The van der Waals surface area contributed by atoms with Gasteiger partial charge in [0.05, 0.1) is 11.9 Å². The molecule has 6 radical (unpaired) electrons. The van der Waals surface area contributed by atoms with Crippen LogP contribution in [0.4, 0.5) is 32.0 Å². The number of primary amides is 1. The maximum atomic E-state index is 15.2. The summed E-state index contributed by atoms with van der Waals surface area (Å²) in [7, 11) is 16.1. The predicted octanol–water partition coefficient (Wildman–Crippen LogP) is 3.36. The molecular weight excluding hydrogens is 549 g/mol. The van der Waals surface area contributed by atoms with Gasteiger partial charge in [0, 0.05) is 6.07 Å². The average Bonchev–Trinajstić information content (AvgIpc) is 2.80. The molecule has 2 aromatic carbocycles. The molecule has 1 aromatic heterocycles. The summed E-state index contributed by atoms with van der Waals surface area (Å²) in [4.78, 5) is 27.9. The minimum Gasteiger partial charge on any atom is -0.512 e. The van der Waals surface area contributed by atoms with E-state index in [0.717, 1.165) is 30.5 Å². The van der Waals surface area contributed by atoms with Crippen LogP contribution in [0.1, 0.15) is 20.8 Å². The number of carbonyl (C=O) groups excluding carboxylic acids is 2. The number of pyridine rings is 1. The molecule has 18 heteroatoms. The molecule has 9 nitrogen and oxygen atoms in total. The highest BCUT2D eigenvalue weighted by atomic mass is 19.4. The number of anilines is 1. The maximum Gasteiger partial charge on any atom is 0.573 e. The summed E-state index contributed by atoms with van der Waals surface area (Å²) in [6, 6.07) is 6.08. The topological polar surface area (TPSA) is 122 Å². The summed E-state index contributed by atoms with van der Waals surface area (Å²) in [6.45, 7) is -3.48. The fraction of sp³-hybridized carbons (Fsp3) is 0.136. The molecule has 3 rings (SSSR count). The SMILES string of the molecule is [B]C([B])([B])Oc1cc(OC(F)(F)F)ccc1Oc1ccc(OC(F)F)c(F)c1C(=O)Nc1ccc(C(N)=O)nc1. The first kappa shape index (κ1) is 30.1. The molecule has 3 aromatic rings. The smallest absolute Gasteiger partial charge is 0.512 e. The van der Waals surface area contributed by atoms with E-state index < -0.39 is 70.2 Å². The molecule has 202 valence electrons. The molecule has 0 bridgehead atoms. The molecule has 2 amide bonds. The lowest BCUT2D eigenvalue weighted by Gasteiger charge is -2.25. The Bertz CT molecular complexity index is 1400. The molecule has 1 heterocycles. The van der Waals surface area contributed by atoms with E-state index >= 15 is 4.39 Å². The van der Waals surface area contributed by atoms with Gasteiger partial charge < -0.3 is 30.0 Å². The summed E-state index contributed by atoms with van der Waals surface area (Å²) in [6.07, 6.45) is -4.12. The summed E-state index contributed by atoms with van der Waals surface area (Å²) in [5, 5.41) is -0.252. The molecule has 0 aliphatic rings. The van der Waals surface area contributed by atoms with Gasteiger partial charge in [0.25, 0.3) is 11.8 Å². The van der Waals surface area contributed by atoms with Crippen LogP contribution in [0, 0.1) is 5.82 Å². The van der Waals surface area contributed by atoms with E-state index in [-0.39, 0.29) is 11.4 Å². The van der Waals surface area contributed by atoms with Crippen LogP contribution in [0.5, 0.6) is 28.7 Å². The van der Waals surface area contributed by atoms with E-state index in [2.05, 4.69) is 19.8 Å². The average molecular weight is 561 g/mol. The molecule has 40 heavy (non-hydrogen) atoms. The Morgan fingerprint density at radius 2 is 1.57 bits per heavy atom. The number of rotatable bonds is 10. The second kappa shape index (κ2) is 11.7. The molecule has 0 aliphatic heterocycles. The fourth-order valence-electron chi connectivity index (χ4n) is 2.99. The van der Waals surface area contributed by atoms with Crippen molar-refractivity contribution in [2.45, 2.75) is 18.3 Å². The number of ether oxygens (including phenoxy) is 4. The highest BCUT2D eigenvalue weighted by Gasteiger charge is 2.32. The van der Waals surface area contributed by atoms with Gasteiger partial charge in [-0.1, -0.05) is 0 Å². The zero-order valence-electron chi connectivity index (χ0n) is 19.7. The zero-order chi connectivity index (χ0) is 29.8. The minimum absolute atomic E-state index is 0.0858.